The molecule has 0 radical (unpaired) electrons. The molecule has 1 atom stereocenters. The fourth-order valence-corrected chi connectivity index (χ4v) is 5.63. The first-order chi connectivity index (χ1) is 17.0. The zero-order chi connectivity index (χ0) is 26.5. The Hall–Kier alpha value is -2.29. The number of aryl methyl sites for hydroxylation is 1. The smallest absolute Gasteiger partial charge is 0.244 e. The molecule has 196 valence electrons. The summed E-state index contributed by atoms with van der Waals surface area (Å²) in [6.07, 6.45) is 6.14. The maximum Gasteiger partial charge on any atom is 0.244 e. The summed E-state index contributed by atoms with van der Waals surface area (Å²) in [5.41, 5.74) is 1.94. The van der Waals surface area contributed by atoms with Crippen LogP contribution in [0.1, 0.15) is 50.2 Å². The van der Waals surface area contributed by atoms with Crippen LogP contribution >= 0.6 is 23.2 Å². The summed E-state index contributed by atoms with van der Waals surface area (Å²) in [5.74, 6) is -0.792. The van der Waals surface area contributed by atoms with Crippen LogP contribution in [-0.2, 0) is 26.2 Å². The van der Waals surface area contributed by atoms with E-state index in [2.05, 4.69) is 5.32 Å². The molecule has 2 aromatic carbocycles. The highest BCUT2D eigenvalue weighted by atomic mass is 35.5. The monoisotopic (exact) mass is 553 g/mol. The first-order valence-corrected chi connectivity index (χ1v) is 14.6. The van der Waals surface area contributed by atoms with Gasteiger partial charge in [-0.25, -0.2) is 8.42 Å². The van der Waals surface area contributed by atoms with E-state index in [-0.39, 0.29) is 18.5 Å². The maximum atomic E-state index is 13.6. The van der Waals surface area contributed by atoms with E-state index in [1.807, 2.05) is 6.92 Å². The summed E-state index contributed by atoms with van der Waals surface area (Å²) < 4.78 is 26.3. The molecule has 0 aliphatic heterocycles. The summed E-state index contributed by atoms with van der Waals surface area (Å²) in [5, 5.41) is 3.88. The van der Waals surface area contributed by atoms with Gasteiger partial charge in [-0.05, 0) is 56.5 Å². The fraction of sp³-hybridized carbons (Fsp3) is 0.462. The topological polar surface area (TPSA) is 86.8 Å². The highest BCUT2D eigenvalue weighted by Gasteiger charge is 2.31. The molecule has 7 nitrogen and oxygen atoms in total. The summed E-state index contributed by atoms with van der Waals surface area (Å²) >= 11 is 12.4. The lowest BCUT2D eigenvalue weighted by Gasteiger charge is -2.33. The Bertz CT molecular complexity index is 1180. The number of halogens is 2. The van der Waals surface area contributed by atoms with Gasteiger partial charge in [0.2, 0.25) is 21.8 Å². The van der Waals surface area contributed by atoms with Crippen LogP contribution in [-0.4, -0.2) is 50.0 Å². The van der Waals surface area contributed by atoms with E-state index in [0.29, 0.717) is 21.3 Å². The van der Waals surface area contributed by atoms with Gasteiger partial charge in [-0.15, -0.1) is 0 Å². The van der Waals surface area contributed by atoms with Gasteiger partial charge in [0.15, 0.2) is 0 Å². The molecule has 0 unspecified atom stereocenters. The minimum atomic E-state index is -3.77. The number of hydrogen-bond acceptors (Lipinski definition) is 4. The summed E-state index contributed by atoms with van der Waals surface area (Å²) in [6.45, 7) is 3.12. The Morgan fingerprint density at radius 2 is 1.69 bits per heavy atom. The van der Waals surface area contributed by atoms with Crippen molar-refractivity contribution in [3.05, 3.63) is 63.6 Å². The zero-order valence-electron chi connectivity index (χ0n) is 20.8. The second-order valence-corrected chi connectivity index (χ2v) is 12.1. The van der Waals surface area contributed by atoms with Crippen LogP contribution < -0.4 is 9.62 Å². The Morgan fingerprint density at radius 1 is 1.06 bits per heavy atom. The number of carbonyl (C=O) groups is 2. The Labute approximate surface area is 223 Å². The molecular weight excluding hydrogens is 521 g/mol. The van der Waals surface area contributed by atoms with Crippen LogP contribution in [0.3, 0.4) is 0 Å². The minimum Gasteiger partial charge on any atom is -0.352 e. The lowest BCUT2D eigenvalue weighted by molar-refractivity contribution is -0.139. The first-order valence-electron chi connectivity index (χ1n) is 12.0. The Kier molecular flexibility index (Phi) is 9.66. The number of hydrogen-bond donors (Lipinski definition) is 1. The molecule has 36 heavy (non-hydrogen) atoms. The van der Waals surface area contributed by atoms with Crippen LogP contribution in [0.4, 0.5) is 5.69 Å². The molecule has 0 heterocycles. The van der Waals surface area contributed by atoms with Gasteiger partial charge in [0, 0.05) is 22.6 Å². The molecule has 3 rings (SSSR count). The van der Waals surface area contributed by atoms with Gasteiger partial charge in [-0.2, -0.15) is 0 Å². The molecule has 1 aliphatic carbocycles. The summed E-state index contributed by atoms with van der Waals surface area (Å²) in [7, 11) is -3.77. The van der Waals surface area contributed by atoms with Crippen LogP contribution in [0.5, 0.6) is 0 Å². The van der Waals surface area contributed by atoms with Gasteiger partial charge >= 0.3 is 0 Å². The minimum absolute atomic E-state index is 0.0274. The molecule has 0 saturated heterocycles. The highest BCUT2D eigenvalue weighted by Crippen LogP contribution is 2.25. The average molecular weight is 555 g/mol. The molecule has 1 N–H and O–H groups in total. The van der Waals surface area contributed by atoms with E-state index in [4.69, 9.17) is 23.2 Å². The van der Waals surface area contributed by atoms with Gasteiger partial charge in [0.25, 0.3) is 0 Å². The molecule has 1 fully saturated rings. The number of sulfonamides is 1. The predicted molar refractivity (Wildman–Crippen MR) is 145 cm³/mol. The lowest BCUT2D eigenvalue weighted by Crippen LogP contribution is -2.53. The van der Waals surface area contributed by atoms with E-state index >= 15 is 0 Å². The third-order valence-corrected chi connectivity index (χ3v) is 8.20. The molecule has 2 amide bonds. The van der Waals surface area contributed by atoms with E-state index < -0.39 is 28.5 Å². The first kappa shape index (κ1) is 28.3. The summed E-state index contributed by atoms with van der Waals surface area (Å²) in [4.78, 5) is 28.2. The number of benzene rings is 2. The zero-order valence-corrected chi connectivity index (χ0v) is 23.2. The molecular formula is C26H33Cl2N3O4S. The number of anilines is 1. The van der Waals surface area contributed by atoms with E-state index in [1.54, 1.807) is 49.4 Å². The number of carbonyl (C=O) groups excluding carboxylic acids is 2. The third-order valence-electron chi connectivity index (χ3n) is 6.48. The third kappa shape index (κ3) is 7.60. The largest absolute Gasteiger partial charge is 0.352 e. The standard InChI is InChI=1S/C26H33Cl2N3O4S/c1-18-9-13-23(14-10-18)31(36(3,34)35)17-25(32)30(16-20-11-12-21(27)15-24(20)28)19(2)26(33)29-22-7-5-4-6-8-22/h9-15,19,22H,4-8,16-17H2,1-3H3,(H,29,33)/t19-/m0/s1. The van der Waals surface area contributed by atoms with Crippen LogP contribution in [0.15, 0.2) is 42.5 Å². The molecule has 1 aliphatic rings. The van der Waals surface area contributed by atoms with Crippen molar-refractivity contribution in [3.63, 3.8) is 0 Å². The summed E-state index contributed by atoms with van der Waals surface area (Å²) in [6, 6.07) is 11.0. The van der Waals surface area contributed by atoms with Crippen LogP contribution in [0.2, 0.25) is 10.0 Å². The molecule has 0 spiro atoms. The SMILES string of the molecule is Cc1ccc(N(CC(=O)N(Cc2ccc(Cl)cc2Cl)[C@@H](C)C(=O)NC2CCCCC2)S(C)(=O)=O)cc1. The quantitative estimate of drug-likeness (QED) is 0.476. The molecule has 10 heteroatoms. The van der Waals surface area contributed by atoms with Crippen molar-refractivity contribution in [2.24, 2.45) is 0 Å². The van der Waals surface area contributed by atoms with E-state index in [9.17, 15) is 18.0 Å². The van der Waals surface area contributed by atoms with Crippen molar-refractivity contribution >= 4 is 50.7 Å². The second-order valence-electron chi connectivity index (χ2n) is 9.38. The highest BCUT2D eigenvalue weighted by molar-refractivity contribution is 7.92. The fourth-order valence-electron chi connectivity index (χ4n) is 4.31. The van der Waals surface area contributed by atoms with Crippen molar-refractivity contribution < 1.29 is 18.0 Å². The number of rotatable bonds is 9. The average Bonchev–Trinajstić information content (AvgIpc) is 2.82. The van der Waals surface area contributed by atoms with Gasteiger partial charge in [-0.1, -0.05) is 66.2 Å². The van der Waals surface area contributed by atoms with Crippen LogP contribution in [0, 0.1) is 6.92 Å². The van der Waals surface area contributed by atoms with Crippen molar-refractivity contribution in [2.75, 3.05) is 17.1 Å². The van der Waals surface area contributed by atoms with Gasteiger partial charge in [0.1, 0.15) is 12.6 Å². The van der Waals surface area contributed by atoms with Gasteiger partial charge in [-0.3, -0.25) is 13.9 Å². The van der Waals surface area contributed by atoms with Gasteiger partial charge in [0.05, 0.1) is 11.9 Å². The lowest BCUT2D eigenvalue weighted by atomic mass is 9.95. The molecule has 0 aromatic heterocycles. The van der Waals surface area contributed by atoms with Crippen molar-refractivity contribution in [3.8, 4) is 0 Å². The van der Waals surface area contributed by atoms with E-state index in [0.717, 1.165) is 48.2 Å². The van der Waals surface area contributed by atoms with Crippen molar-refractivity contribution in [2.45, 2.75) is 64.6 Å². The predicted octanol–water partition coefficient (Wildman–Crippen LogP) is 4.93. The maximum absolute atomic E-state index is 13.6. The van der Waals surface area contributed by atoms with Gasteiger partial charge < -0.3 is 10.2 Å². The molecule has 1 saturated carbocycles. The molecule has 0 bridgehead atoms. The Balaban J connectivity index is 1.89. The molecule has 2 aromatic rings. The number of nitrogens with one attached hydrogen (secondary N) is 1. The van der Waals surface area contributed by atoms with Crippen molar-refractivity contribution in [1.29, 1.82) is 0 Å². The van der Waals surface area contributed by atoms with Crippen molar-refractivity contribution in [1.82, 2.24) is 10.2 Å². The Morgan fingerprint density at radius 3 is 2.28 bits per heavy atom. The van der Waals surface area contributed by atoms with E-state index in [1.165, 1.54) is 4.90 Å². The number of nitrogens with zero attached hydrogens (tertiary/aromatic N) is 2. The number of amides is 2. The second kappa shape index (κ2) is 12.3. The van der Waals surface area contributed by atoms with Crippen LogP contribution in [0.25, 0.3) is 0 Å². The normalized spacial score (nSPS) is 15.2.